The number of hydrogen-bond donors (Lipinski definition) is 5. The molecule has 0 heterocycles. The van der Waals surface area contributed by atoms with E-state index in [9.17, 15) is 24.3 Å². The molecule has 1 saturated carbocycles. The summed E-state index contributed by atoms with van der Waals surface area (Å²) in [4.78, 5) is 52.5. The molecular weight excluding hydrogens is 490 g/mol. The van der Waals surface area contributed by atoms with Crippen LogP contribution in [0.2, 0.25) is 0 Å². The first-order chi connectivity index (χ1) is 18.1. The number of phenols is 1. The quantitative estimate of drug-likeness (QED) is 0.224. The van der Waals surface area contributed by atoms with Crippen LogP contribution in [0.3, 0.4) is 0 Å². The van der Waals surface area contributed by atoms with Crippen molar-refractivity contribution in [3.63, 3.8) is 0 Å². The van der Waals surface area contributed by atoms with Crippen molar-refractivity contribution in [3.8, 4) is 5.75 Å². The van der Waals surface area contributed by atoms with Gasteiger partial charge in [0.05, 0.1) is 19.1 Å². The van der Waals surface area contributed by atoms with E-state index in [-0.39, 0.29) is 43.7 Å². The van der Waals surface area contributed by atoms with Crippen molar-refractivity contribution in [1.29, 1.82) is 0 Å². The first-order valence-electron chi connectivity index (χ1n) is 12.5. The molecule has 8 N–H and O–H groups in total. The molecular formula is C27H36N5O6+. The minimum absolute atomic E-state index is 0.0216. The number of nitrogens with zero attached hydrogens (tertiary/aromatic N) is 1. The molecule has 2 aromatic carbocycles. The molecule has 1 aliphatic carbocycles. The molecule has 1 aliphatic rings. The number of nitrogens with one attached hydrogen (secondary N) is 3. The van der Waals surface area contributed by atoms with Gasteiger partial charge in [-0.3, -0.25) is 19.2 Å². The molecule has 11 nitrogen and oxygen atoms in total. The highest BCUT2D eigenvalue weighted by Gasteiger charge is 2.64. The average Bonchev–Trinajstić information content (AvgIpc) is 3.68. The Kier molecular flexibility index (Phi) is 9.43. The summed E-state index contributed by atoms with van der Waals surface area (Å²) in [5.74, 6) is -1.98. The van der Waals surface area contributed by atoms with Crippen LogP contribution in [0.25, 0.3) is 0 Å². The van der Waals surface area contributed by atoms with Crippen molar-refractivity contribution in [2.45, 2.75) is 43.3 Å². The highest BCUT2D eigenvalue weighted by molar-refractivity contribution is 5.97. The van der Waals surface area contributed by atoms with Gasteiger partial charge in [-0.2, -0.15) is 0 Å². The molecule has 0 spiro atoms. The third kappa shape index (κ3) is 6.67. The monoisotopic (exact) mass is 526 g/mol. The highest BCUT2D eigenvalue weighted by atomic mass is 16.3. The molecule has 11 heteroatoms. The fourth-order valence-corrected chi connectivity index (χ4v) is 4.46. The average molecular weight is 527 g/mol. The van der Waals surface area contributed by atoms with Crippen molar-refractivity contribution in [2.24, 2.45) is 5.73 Å². The van der Waals surface area contributed by atoms with E-state index < -0.39 is 35.3 Å². The van der Waals surface area contributed by atoms with Crippen LogP contribution in [0.15, 0.2) is 54.6 Å². The van der Waals surface area contributed by atoms with Crippen LogP contribution in [-0.4, -0.2) is 83.1 Å². The zero-order valence-electron chi connectivity index (χ0n) is 21.6. The number of carbonyl (C=O) groups is 4. The third-order valence-corrected chi connectivity index (χ3v) is 6.80. The Morgan fingerprint density at radius 2 is 1.74 bits per heavy atom. The van der Waals surface area contributed by atoms with E-state index in [4.69, 9.17) is 10.8 Å². The van der Waals surface area contributed by atoms with E-state index in [0.29, 0.717) is 6.42 Å². The van der Waals surface area contributed by atoms with Gasteiger partial charge < -0.3 is 36.8 Å². The molecule has 204 valence electrons. The van der Waals surface area contributed by atoms with Gasteiger partial charge in [-0.05, 0) is 43.0 Å². The number of rotatable bonds is 12. The minimum atomic E-state index is -1.10. The predicted octanol–water partition coefficient (Wildman–Crippen LogP) is -0.892. The summed E-state index contributed by atoms with van der Waals surface area (Å²) in [7, 11) is 1.53. The molecule has 2 aromatic rings. The van der Waals surface area contributed by atoms with E-state index >= 15 is 0 Å². The first-order valence-corrected chi connectivity index (χ1v) is 12.5. The number of amides is 4. The maximum Gasteiger partial charge on any atom is 0.246 e. The van der Waals surface area contributed by atoms with Gasteiger partial charge in [-0.25, -0.2) is 0 Å². The van der Waals surface area contributed by atoms with E-state index in [0.717, 1.165) is 11.1 Å². The SMILES string of the molecule is C[C@@H](NC(=O)[C@@H](N)Cc1ccc(O)cc1)C(=O)NCC(=O)N(C)C1(C(=O)NCC[OH2+])CC1c1ccccc1. The minimum Gasteiger partial charge on any atom is -0.508 e. The van der Waals surface area contributed by atoms with E-state index in [1.165, 1.54) is 31.0 Å². The van der Waals surface area contributed by atoms with Gasteiger partial charge >= 0.3 is 0 Å². The first kappa shape index (κ1) is 28.6. The fraction of sp³-hybridized carbons (Fsp3) is 0.407. The lowest BCUT2D eigenvalue weighted by Gasteiger charge is -2.29. The predicted molar refractivity (Wildman–Crippen MR) is 141 cm³/mol. The summed E-state index contributed by atoms with van der Waals surface area (Å²) in [6.45, 7) is 1.32. The van der Waals surface area contributed by atoms with Crippen molar-refractivity contribution in [1.82, 2.24) is 20.9 Å². The zero-order valence-corrected chi connectivity index (χ0v) is 21.6. The third-order valence-electron chi connectivity index (χ3n) is 6.80. The molecule has 3 rings (SSSR count). The Labute approximate surface area is 221 Å². The van der Waals surface area contributed by atoms with Crippen molar-refractivity contribution < 1.29 is 29.4 Å². The summed E-state index contributed by atoms with van der Waals surface area (Å²) in [6.07, 6.45) is 0.652. The zero-order chi connectivity index (χ0) is 27.9. The lowest BCUT2D eigenvalue weighted by atomic mass is 10.0. The Bertz CT molecular complexity index is 1140. The second-order valence-electron chi connectivity index (χ2n) is 9.48. The molecule has 2 unspecified atom stereocenters. The summed E-state index contributed by atoms with van der Waals surface area (Å²) in [6, 6.07) is 13.9. The molecule has 0 aliphatic heterocycles. The maximum absolute atomic E-state index is 13.0. The van der Waals surface area contributed by atoms with Crippen LogP contribution >= 0.6 is 0 Å². The summed E-state index contributed by atoms with van der Waals surface area (Å²) >= 11 is 0. The van der Waals surface area contributed by atoms with Crippen LogP contribution in [0.1, 0.15) is 30.4 Å². The molecule has 38 heavy (non-hydrogen) atoms. The summed E-state index contributed by atoms with van der Waals surface area (Å²) < 4.78 is 0. The smallest absolute Gasteiger partial charge is 0.246 e. The molecule has 4 amide bonds. The molecule has 0 saturated heterocycles. The highest BCUT2D eigenvalue weighted by Crippen LogP contribution is 2.55. The normalized spacial score (nSPS) is 19.5. The largest absolute Gasteiger partial charge is 0.508 e. The standard InChI is InChI=1S/C27H35N5O6/c1-17(31-25(37)22(28)14-18-8-10-20(34)11-9-18)24(36)30-16-23(35)32(2)27(26(38)29-12-13-33)15-21(27)19-6-4-3-5-7-19/h3-11,17,21-22,33-34H,12-16,28H2,1-2H3,(H,29,38)(H,30,36)(H,31,37)/p+1/t17-,21?,22+,27?/m1/s1. The lowest BCUT2D eigenvalue weighted by Crippen LogP contribution is -2.55. The number of carbonyl (C=O) groups excluding carboxylic acids is 4. The van der Waals surface area contributed by atoms with Crippen LogP contribution in [0.5, 0.6) is 5.75 Å². The number of likely N-dealkylation sites (N-methyl/N-ethyl adjacent to an activating group) is 1. The van der Waals surface area contributed by atoms with Gasteiger partial charge in [-0.15, -0.1) is 0 Å². The molecule has 0 bridgehead atoms. The van der Waals surface area contributed by atoms with Crippen molar-refractivity contribution in [3.05, 3.63) is 65.7 Å². The number of phenolic OH excluding ortho intramolecular Hbond substituents is 1. The van der Waals surface area contributed by atoms with E-state index in [1.54, 1.807) is 12.1 Å². The van der Waals surface area contributed by atoms with E-state index in [1.807, 2.05) is 30.3 Å². The van der Waals surface area contributed by atoms with Crippen molar-refractivity contribution in [2.75, 3.05) is 26.7 Å². The van der Waals surface area contributed by atoms with Gasteiger partial charge in [0, 0.05) is 13.0 Å². The Morgan fingerprint density at radius 1 is 1.08 bits per heavy atom. The van der Waals surface area contributed by atoms with Gasteiger partial charge in [0.25, 0.3) is 0 Å². The second kappa shape index (κ2) is 12.5. The van der Waals surface area contributed by atoms with Gasteiger partial charge in [-0.1, -0.05) is 42.5 Å². The Balaban J connectivity index is 1.55. The number of aromatic hydroxyl groups is 1. The summed E-state index contributed by atoms with van der Waals surface area (Å²) in [5, 5.41) is 24.5. The number of hydrogen-bond acceptors (Lipinski definition) is 6. The second-order valence-corrected chi connectivity index (χ2v) is 9.48. The van der Waals surface area contributed by atoms with Crippen LogP contribution in [0, 0.1) is 0 Å². The van der Waals surface area contributed by atoms with Crippen LogP contribution < -0.4 is 21.7 Å². The van der Waals surface area contributed by atoms with Gasteiger partial charge in [0.2, 0.25) is 23.6 Å². The van der Waals surface area contributed by atoms with Gasteiger partial charge in [0.15, 0.2) is 6.61 Å². The van der Waals surface area contributed by atoms with Crippen molar-refractivity contribution >= 4 is 23.6 Å². The molecule has 0 radical (unpaired) electrons. The van der Waals surface area contributed by atoms with Crippen LogP contribution in [0.4, 0.5) is 0 Å². The van der Waals surface area contributed by atoms with Gasteiger partial charge in [0.1, 0.15) is 17.3 Å². The lowest BCUT2D eigenvalue weighted by molar-refractivity contribution is -0.141. The van der Waals surface area contributed by atoms with E-state index in [2.05, 4.69) is 16.0 Å². The van der Waals surface area contributed by atoms with Crippen LogP contribution in [-0.2, 0) is 25.6 Å². The molecule has 1 fully saturated rings. The number of benzene rings is 2. The fourth-order valence-electron chi connectivity index (χ4n) is 4.46. The Hall–Kier alpha value is -3.96. The molecule has 4 atom stereocenters. The summed E-state index contributed by atoms with van der Waals surface area (Å²) in [5.41, 5.74) is 6.55. The number of nitrogens with two attached hydrogens (primary N) is 1. The topological polar surface area (TPSA) is 177 Å². The maximum atomic E-state index is 13.0. The molecule has 0 aromatic heterocycles. The Morgan fingerprint density at radius 3 is 2.37 bits per heavy atom.